The van der Waals surface area contributed by atoms with Crippen LogP contribution in [0.3, 0.4) is 0 Å². The average molecular weight is 386 g/mol. The van der Waals surface area contributed by atoms with E-state index in [2.05, 4.69) is 15.2 Å². The maximum atomic E-state index is 12.4. The molecule has 8 nitrogen and oxygen atoms in total. The number of guanidine groups is 1. The largest absolute Gasteiger partial charge is 0.497 e. The average Bonchev–Trinajstić information content (AvgIpc) is 3.29. The summed E-state index contributed by atoms with van der Waals surface area (Å²) in [6.07, 6.45) is 1.52. The van der Waals surface area contributed by atoms with Crippen molar-refractivity contribution in [2.24, 2.45) is 4.99 Å². The van der Waals surface area contributed by atoms with Gasteiger partial charge in [-0.25, -0.2) is 0 Å². The SMILES string of the molecule is CN=C(NCc1ccc(OC)cc1OC)N1CCN(C(=O)c2ccco2)CC1. The van der Waals surface area contributed by atoms with Crippen molar-refractivity contribution in [1.82, 2.24) is 15.1 Å². The number of rotatable bonds is 5. The number of nitrogens with one attached hydrogen (secondary N) is 1. The number of aliphatic imine (C=N–C) groups is 1. The van der Waals surface area contributed by atoms with Gasteiger partial charge in [0.25, 0.3) is 5.91 Å². The van der Waals surface area contributed by atoms with Crippen molar-refractivity contribution in [3.05, 3.63) is 47.9 Å². The Hall–Kier alpha value is -3.16. The second kappa shape index (κ2) is 9.16. The molecule has 2 aromatic rings. The Labute approximate surface area is 164 Å². The molecule has 1 aliphatic heterocycles. The highest BCUT2D eigenvalue weighted by atomic mass is 16.5. The van der Waals surface area contributed by atoms with Crippen LogP contribution in [0.1, 0.15) is 16.1 Å². The number of piperazine rings is 1. The summed E-state index contributed by atoms with van der Waals surface area (Å²) in [6.45, 7) is 3.21. The van der Waals surface area contributed by atoms with Crippen molar-refractivity contribution in [2.45, 2.75) is 6.54 Å². The van der Waals surface area contributed by atoms with Crippen LogP contribution in [0.25, 0.3) is 0 Å². The maximum Gasteiger partial charge on any atom is 0.289 e. The number of nitrogens with zero attached hydrogens (tertiary/aromatic N) is 3. The first kappa shape index (κ1) is 19.6. The Bertz CT molecular complexity index is 812. The predicted octanol–water partition coefficient (Wildman–Crippen LogP) is 1.83. The fraction of sp³-hybridized carbons (Fsp3) is 0.400. The second-order valence-electron chi connectivity index (χ2n) is 6.34. The summed E-state index contributed by atoms with van der Waals surface area (Å²) in [5.74, 6) is 2.61. The van der Waals surface area contributed by atoms with Crippen LogP contribution in [0.4, 0.5) is 0 Å². The van der Waals surface area contributed by atoms with Crippen LogP contribution < -0.4 is 14.8 Å². The van der Waals surface area contributed by atoms with Crippen molar-refractivity contribution < 1.29 is 18.7 Å². The first-order chi connectivity index (χ1) is 13.7. The van der Waals surface area contributed by atoms with Crippen LogP contribution >= 0.6 is 0 Å². The molecule has 0 unspecified atom stereocenters. The number of hydrogen-bond acceptors (Lipinski definition) is 5. The normalized spacial score (nSPS) is 14.8. The zero-order valence-electron chi connectivity index (χ0n) is 16.5. The van der Waals surface area contributed by atoms with E-state index in [0.717, 1.165) is 23.0 Å². The Balaban J connectivity index is 1.56. The van der Waals surface area contributed by atoms with Gasteiger partial charge < -0.3 is 29.0 Å². The first-order valence-electron chi connectivity index (χ1n) is 9.15. The molecule has 3 rings (SSSR count). The zero-order chi connectivity index (χ0) is 19.9. The summed E-state index contributed by atoms with van der Waals surface area (Å²) in [7, 11) is 5.03. The predicted molar refractivity (Wildman–Crippen MR) is 106 cm³/mol. The molecular weight excluding hydrogens is 360 g/mol. The molecule has 150 valence electrons. The minimum Gasteiger partial charge on any atom is -0.497 e. The quantitative estimate of drug-likeness (QED) is 0.624. The number of methoxy groups -OCH3 is 2. The van der Waals surface area contributed by atoms with E-state index in [1.54, 1.807) is 38.3 Å². The van der Waals surface area contributed by atoms with Crippen LogP contribution in [0.5, 0.6) is 11.5 Å². The van der Waals surface area contributed by atoms with Gasteiger partial charge in [0.2, 0.25) is 0 Å². The number of benzene rings is 1. The van der Waals surface area contributed by atoms with Gasteiger partial charge >= 0.3 is 0 Å². The van der Waals surface area contributed by atoms with Gasteiger partial charge in [0.05, 0.1) is 20.5 Å². The molecule has 1 aromatic heterocycles. The monoisotopic (exact) mass is 386 g/mol. The van der Waals surface area contributed by atoms with Crippen LogP contribution in [0.15, 0.2) is 46.0 Å². The number of furan rings is 1. The summed E-state index contributed by atoms with van der Waals surface area (Å²) < 4.78 is 15.9. The maximum absolute atomic E-state index is 12.4. The lowest BCUT2D eigenvalue weighted by Crippen LogP contribution is -2.53. The van der Waals surface area contributed by atoms with Crippen LogP contribution in [-0.4, -0.2) is 69.1 Å². The van der Waals surface area contributed by atoms with Gasteiger partial charge in [-0.2, -0.15) is 0 Å². The van der Waals surface area contributed by atoms with Crippen molar-refractivity contribution in [3.8, 4) is 11.5 Å². The summed E-state index contributed by atoms with van der Waals surface area (Å²) >= 11 is 0. The standard InChI is InChI=1S/C20H26N4O4/c1-21-20(22-14-15-6-7-16(26-2)13-18(15)27-3)24-10-8-23(9-11-24)19(25)17-5-4-12-28-17/h4-7,12-13H,8-11,14H2,1-3H3,(H,21,22). The number of hydrogen-bond donors (Lipinski definition) is 1. The molecular formula is C20H26N4O4. The number of ether oxygens (including phenoxy) is 2. The lowest BCUT2D eigenvalue weighted by Gasteiger charge is -2.36. The molecule has 28 heavy (non-hydrogen) atoms. The molecule has 1 fully saturated rings. The topological polar surface area (TPSA) is 79.5 Å². The van der Waals surface area contributed by atoms with Crippen molar-refractivity contribution in [2.75, 3.05) is 47.4 Å². The highest BCUT2D eigenvalue weighted by Gasteiger charge is 2.25. The Morgan fingerprint density at radius 1 is 1.14 bits per heavy atom. The lowest BCUT2D eigenvalue weighted by molar-refractivity contribution is 0.0657. The van der Waals surface area contributed by atoms with Crippen molar-refractivity contribution in [3.63, 3.8) is 0 Å². The smallest absolute Gasteiger partial charge is 0.289 e. The van der Waals surface area contributed by atoms with E-state index in [-0.39, 0.29) is 5.91 Å². The van der Waals surface area contributed by atoms with E-state index in [1.807, 2.05) is 18.2 Å². The van der Waals surface area contributed by atoms with E-state index in [0.29, 0.717) is 38.5 Å². The molecule has 0 spiro atoms. The summed E-state index contributed by atoms with van der Waals surface area (Å²) in [5.41, 5.74) is 1.01. The van der Waals surface area contributed by atoms with Gasteiger partial charge in [-0.3, -0.25) is 9.79 Å². The van der Waals surface area contributed by atoms with Gasteiger partial charge in [-0.05, 0) is 24.3 Å². The van der Waals surface area contributed by atoms with Crippen LogP contribution in [0.2, 0.25) is 0 Å². The molecule has 1 N–H and O–H groups in total. The molecule has 0 bridgehead atoms. The highest BCUT2D eigenvalue weighted by molar-refractivity contribution is 5.91. The molecule has 1 aromatic carbocycles. The van der Waals surface area contributed by atoms with Gasteiger partial charge in [0.15, 0.2) is 11.7 Å². The third kappa shape index (κ3) is 4.39. The summed E-state index contributed by atoms with van der Waals surface area (Å²) in [6, 6.07) is 9.15. The lowest BCUT2D eigenvalue weighted by atomic mass is 10.2. The van der Waals surface area contributed by atoms with Crippen LogP contribution in [0, 0.1) is 0 Å². The molecule has 0 aliphatic carbocycles. The van der Waals surface area contributed by atoms with Crippen LogP contribution in [-0.2, 0) is 6.54 Å². The Morgan fingerprint density at radius 2 is 1.89 bits per heavy atom. The highest BCUT2D eigenvalue weighted by Crippen LogP contribution is 2.24. The van der Waals surface area contributed by atoms with E-state index >= 15 is 0 Å². The molecule has 8 heteroatoms. The fourth-order valence-electron chi connectivity index (χ4n) is 3.18. The third-order valence-corrected chi connectivity index (χ3v) is 4.74. The van der Waals surface area contributed by atoms with E-state index in [1.165, 1.54) is 6.26 Å². The summed E-state index contributed by atoms with van der Waals surface area (Å²) in [4.78, 5) is 20.7. The summed E-state index contributed by atoms with van der Waals surface area (Å²) in [5, 5.41) is 3.37. The minimum atomic E-state index is -0.0736. The fourth-order valence-corrected chi connectivity index (χ4v) is 3.18. The molecule has 1 amide bonds. The number of carbonyl (C=O) groups excluding carboxylic acids is 1. The van der Waals surface area contributed by atoms with E-state index in [4.69, 9.17) is 13.9 Å². The second-order valence-corrected chi connectivity index (χ2v) is 6.34. The number of carbonyl (C=O) groups is 1. The molecule has 1 saturated heterocycles. The van der Waals surface area contributed by atoms with Crippen molar-refractivity contribution in [1.29, 1.82) is 0 Å². The molecule has 2 heterocycles. The van der Waals surface area contributed by atoms with Gasteiger partial charge in [-0.15, -0.1) is 0 Å². The van der Waals surface area contributed by atoms with E-state index in [9.17, 15) is 4.79 Å². The van der Waals surface area contributed by atoms with Gasteiger partial charge in [0, 0.05) is 51.4 Å². The van der Waals surface area contributed by atoms with Crippen molar-refractivity contribution >= 4 is 11.9 Å². The molecule has 0 atom stereocenters. The first-order valence-corrected chi connectivity index (χ1v) is 9.15. The Kier molecular flexibility index (Phi) is 6.41. The molecule has 0 radical (unpaired) electrons. The molecule has 1 aliphatic rings. The zero-order valence-corrected chi connectivity index (χ0v) is 16.5. The number of amides is 1. The Morgan fingerprint density at radius 3 is 2.50 bits per heavy atom. The van der Waals surface area contributed by atoms with E-state index < -0.39 is 0 Å². The van der Waals surface area contributed by atoms with Gasteiger partial charge in [0.1, 0.15) is 11.5 Å². The third-order valence-electron chi connectivity index (χ3n) is 4.74. The molecule has 0 saturated carbocycles. The minimum absolute atomic E-state index is 0.0736. The van der Waals surface area contributed by atoms with Gasteiger partial charge in [-0.1, -0.05) is 0 Å².